The number of nitrogens with two attached hydrogens (primary N) is 1. The Balaban J connectivity index is 1.77. The molecule has 1 aromatic carbocycles. The zero-order valence-electron chi connectivity index (χ0n) is 10.7. The largest absolute Gasteiger partial charge is 0.490 e. The molecule has 0 aliphatic heterocycles. The summed E-state index contributed by atoms with van der Waals surface area (Å²) < 4.78 is 5.50. The van der Waals surface area contributed by atoms with Crippen LogP contribution in [0.3, 0.4) is 0 Å². The van der Waals surface area contributed by atoms with E-state index in [1.54, 1.807) is 12.1 Å². The van der Waals surface area contributed by atoms with E-state index in [1.165, 1.54) is 11.3 Å². The second kappa shape index (κ2) is 6.24. The molecule has 3 N–H and O–H groups in total. The third kappa shape index (κ3) is 3.48. The molecule has 19 heavy (non-hydrogen) atoms. The van der Waals surface area contributed by atoms with Crippen molar-refractivity contribution in [3.05, 3.63) is 46.2 Å². The number of nitrogen functional groups attached to an aromatic ring is 1. The lowest BCUT2D eigenvalue weighted by Crippen LogP contribution is -2.27. The molecule has 0 spiro atoms. The van der Waals surface area contributed by atoms with Crippen LogP contribution in [0.2, 0.25) is 0 Å². The quantitative estimate of drug-likeness (QED) is 0.651. The van der Waals surface area contributed by atoms with Gasteiger partial charge in [-0.25, -0.2) is 0 Å². The van der Waals surface area contributed by atoms with Gasteiger partial charge in [-0.2, -0.15) is 0 Å². The average molecular weight is 276 g/mol. The van der Waals surface area contributed by atoms with Gasteiger partial charge in [-0.15, -0.1) is 11.3 Å². The van der Waals surface area contributed by atoms with Crippen LogP contribution in [-0.2, 0) is 0 Å². The van der Waals surface area contributed by atoms with Crippen molar-refractivity contribution >= 4 is 22.9 Å². The molecule has 0 bridgehead atoms. The molecule has 1 aromatic heterocycles. The van der Waals surface area contributed by atoms with Crippen molar-refractivity contribution in [1.29, 1.82) is 0 Å². The fourth-order valence-corrected chi connectivity index (χ4v) is 2.46. The number of hydrogen-bond donors (Lipinski definition) is 2. The van der Waals surface area contributed by atoms with E-state index in [1.807, 2.05) is 30.5 Å². The van der Waals surface area contributed by atoms with Crippen LogP contribution in [0.15, 0.2) is 35.7 Å². The predicted octanol–water partition coefficient (Wildman–Crippen LogP) is 2.45. The van der Waals surface area contributed by atoms with Gasteiger partial charge in [0.2, 0.25) is 0 Å². The van der Waals surface area contributed by atoms with Crippen LogP contribution < -0.4 is 15.8 Å². The molecule has 0 aliphatic rings. The highest BCUT2D eigenvalue weighted by molar-refractivity contribution is 7.12. The van der Waals surface area contributed by atoms with Crippen LogP contribution in [0.4, 0.5) is 5.69 Å². The number of amides is 1. The number of ether oxygens (including phenoxy) is 1. The Morgan fingerprint density at radius 1 is 1.37 bits per heavy atom. The van der Waals surface area contributed by atoms with Crippen molar-refractivity contribution in [1.82, 2.24) is 5.32 Å². The maximum Gasteiger partial charge on any atom is 0.261 e. The number of aryl methyl sites for hydroxylation is 1. The molecule has 0 fully saturated rings. The lowest BCUT2D eigenvalue weighted by Gasteiger charge is -2.09. The summed E-state index contributed by atoms with van der Waals surface area (Å²) in [6.45, 7) is 2.77. The molecular formula is C14H16N2O2S. The summed E-state index contributed by atoms with van der Waals surface area (Å²) in [7, 11) is 0. The van der Waals surface area contributed by atoms with Gasteiger partial charge < -0.3 is 15.8 Å². The summed E-state index contributed by atoms with van der Waals surface area (Å²) in [6, 6.07) is 9.23. The van der Waals surface area contributed by atoms with Gasteiger partial charge in [0.1, 0.15) is 12.4 Å². The van der Waals surface area contributed by atoms with E-state index < -0.39 is 0 Å². The van der Waals surface area contributed by atoms with Crippen LogP contribution in [0.25, 0.3) is 0 Å². The van der Waals surface area contributed by atoms with E-state index in [4.69, 9.17) is 10.5 Å². The molecular weight excluding hydrogens is 260 g/mol. The van der Waals surface area contributed by atoms with Gasteiger partial charge in [-0.1, -0.05) is 12.1 Å². The molecule has 0 atom stereocenters. The van der Waals surface area contributed by atoms with Gasteiger partial charge in [0.25, 0.3) is 5.91 Å². The summed E-state index contributed by atoms with van der Waals surface area (Å²) in [4.78, 5) is 12.6. The highest BCUT2D eigenvalue weighted by atomic mass is 32.1. The number of hydrogen-bond acceptors (Lipinski definition) is 4. The molecule has 1 heterocycles. The normalized spacial score (nSPS) is 10.2. The van der Waals surface area contributed by atoms with Crippen LogP contribution in [0.1, 0.15) is 15.2 Å². The molecule has 100 valence electrons. The number of rotatable bonds is 5. The number of nitrogens with one attached hydrogen (secondary N) is 1. The number of thiophene rings is 1. The molecule has 5 heteroatoms. The zero-order valence-corrected chi connectivity index (χ0v) is 11.5. The molecule has 0 saturated heterocycles. The zero-order chi connectivity index (χ0) is 13.7. The molecule has 2 aromatic rings. The SMILES string of the molecule is Cc1ccsc1C(=O)NCCOc1ccccc1N. The van der Waals surface area contributed by atoms with E-state index >= 15 is 0 Å². The summed E-state index contributed by atoms with van der Waals surface area (Å²) >= 11 is 1.44. The molecule has 4 nitrogen and oxygen atoms in total. The minimum Gasteiger partial charge on any atom is -0.490 e. The lowest BCUT2D eigenvalue weighted by molar-refractivity contribution is 0.0950. The summed E-state index contributed by atoms with van der Waals surface area (Å²) in [6.07, 6.45) is 0. The lowest BCUT2D eigenvalue weighted by atomic mass is 10.3. The summed E-state index contributed by atoms with van der Waals surface area (Å²) in [5.74, 6) is 0.584. The fourth-order valence-electron chi connectivity index (χ4n) is 1.62. The van der Waals surface area contributed by atoms with Gasteiger partial charge in [-0.3, -0.25) is 4.79 Å². The monoisotopic (exact) mass is 276 g/mol. The van der Waals surface area contributed by atoms with Crippen molar-refractivity contribution in [3.63, 3.8) is 0 Å². The van der Waals surface area contributed by atoms with Crippen LogP contribution in [0.5, 0.6) is 5.75 Å². The number of anilines is 1. The van der Waals surface area contributed by atoms with Gasteiger partial charge in [0.05, 0.1) is 17.1 Å². The fraction of sp³-hybridized carbons (Fsp3) is 0.214. The van der Waals surface area contributed by atoms with Gasteiger partial charge >= 0.3 is 0 Å². The summed E-state index contributed by atoms with van der Waals surface area (Å²) in [5, 5.41) is 4.73. The van der Waals surface area contributed by atoms with E-state index in [-0.39, 0.29) is 5.91 Å². The Labute approximate surface area is 116 Å². The maximum atomic E-state index is 11.8. The van der Waals surface area contributed by atoms with Crippen molar-refractivity contribution in [3.8, 4) is 5.75 Å². The number of carbonyl (C=O) groups excluding carboxylic acids is 1. The molecule has 0 saturated carbocycles. The van der Waals surface area contributed by atoms with Crippen molar-refractivity contribution in [2.75, 3.05) is 18.9 Å². The minimum atomic E-state index is -0.0582. The van der Waals surface area contributed by atoms with Gasteiger partial charge in [-0.05, 0) is 36.1 Å². The summed E-state index contributed by atoms with van der Waals surface area (Å²) in [5.41, 5.74) is 7.34. The molecule has 0 aliphatic carbocycles. The van der Waals surface area contributed by atoms with E-state index in [9.17, 15) is 4.79 Å². The first-order chi connectivity index (χ1) is 9.18. The first-order valence-electron chi connectivity index (χ1n) is 5.98. The maximum absolute atomic E-state index is 11.8. The van der Waals surface area contributed by atoms with E-state index in [0.29, 0.717) is 24.6 Å². The second-order valence-electron chi connectivity index (χ2n) is 4.07. The molecule has 1 amide bonds. The standard InChI is InChI=1S/C14H16N2O2S/c1-10-6-9-19-13(10)14(17)16-7-8-18-12-5-3-2-4-11(12)15/h2-6,9H,7-8,15H2,1H3,(H,16,17). The van der Waals surface area contributed by atoms with Crippen LogP contribution >= 0.6 is 11.3 Å². The highest BCUT2D eigenvalue weighted by Crippen LogP contribution is 2.19. The Hall–Kier alpha value is -2.01. The molecule has 0 unspecified atom stereocenters. The Bertz CT molecular complexity index is 566. The smallest absolute Gasteiger partial charge is 0.261 e. The van der Waals surface area contributed by atoms with Crippen LogP contribution in [0, 0.1) is 6.92 Å². The first-order valence-corrected chi connectivity index (χ1v) is 6.86. The molecule has 2 rings (SSSR count). The first kappa shape index (κ1) is 13.4. The van der Waals surface area contributed by atoms with Crippen molar-refractivity contribution in [2.24, 2.45) is 0 Å². The van der Waals surface area contributed by atoms with E-state index in [0.717, 1.165) is 10.4 Å². The predicted molar refractivity (Wildman–Crippen MR) is 77.7 cm³/mol. The topological polar surface area (TPSA) is 64.3 Å². The Kier molecular flexibility index (Phi) is 4.41. The van der Waals surface area contributed by atoms with Gasteiger partial charge in [0.15, 0.2) is 0 Å². The Morgan fingerprint density at radius 3 is 2.84 bits per heavy atom. The number of carbonyl (C=O) groups is 1. The number of benzene rings is 1. The third-order valence-corrected chi connectivity index (χ3v) is 3.65. The Morgan fingerprint density at radius 2 is 2.16 bits per heavy atom. The highest BCUT2D eigenvalue weighted by Gasteiger charge is 2.09. The second-order valence-corrected chi connectivity index (χ2v) is 4.99. The average Bonchev–Trinajstić information content (AvgIpc) is 2.82. The van der Waals surface area contributed by atoms with Crippen molar-refractivity contribution < 1.29 is 9.53 Å². The third-order valence-electron chi connectivity index (χ3n) is 2.63. The van der Waals surface area contributed by atoms with Gasteiger partial charge in [0, 0.05) is 0 Å². The van der Waals surface area contributed by atoms with Crippen molar-refractivity contribution in [2.45, 2.75) is 6.92 Å². The van der Waals surface area contributed by atoms with Crippen LogP contribution in [-0.4, -0.2) is 19.1 Å². The minimum absolute atomic E-state index is 0.0582. The van der Waals surface area contributed by atoms with E-state index in [2.05, 4.69) is 5.32 Å². The molecule has 0 radical (unpaired) electrons. The number of para-hydroxylation sites is 2.